The number of rotatable bonds is 6. The van der Waals surface area contributed by atoms with Crippen LogP contribution >= 0.6 is 0 Å². The highest BCUT2D eigenvalue weighted by atomic mass is 16.4. The van der Waals surface area contributed by atoms with Crippen LogP contribution < -0.4 is 5.32 Å². The molecule has 0 bridgehead atoms. The molecule has 2 atom stereocenters. The van der Waals surface area contributed by atoms with Gasteiger partial charge < -0.3 is 10.4 Å². The number of carboxylic acids is 1. The van der Waals surface area contributed by atoms with Gasteiger partial charge in [-0.05, 0) is 24.3 Å². The normalized spacial score (nSPS) is 28.4. The Morgan fingerprint density at radius 3 is 3.06 bits per heavy atom. The van der Waals surface area contributed by atoms with Crippen molar-refractivity contribution in [1.29, 1.82) is 0 Å². The van der Waals surface area contributed by atoms with Crippen molar-refractivity contribution < 1.29 is 9.90 Å². The Kier molecular flexibility index (Phi) is 5.25. The molecule has 0 aromatic carbocycles. The largest absolute Gasteiger partial charge is 0.480 e. The molecule has 1 fully saturated rings. The van der Waals surface area contributed by atoms with Gasteiger partial charge in [0.05, 0.1) is 0 Å². The van der Waals surface area contributed by atoms with Gasteiger partial charge in [0.25, 0.3) is 0 Å². The van der Waals surface area contributed by atoms with E-state index in [-0.39, 0.29) is 0 Å². The van der Waals surface area contributed by atoms with Crippen LogP contribution in [-0.4, -0.2) is 29.7 Å². The summed E-state index contributed by atoms with van der Waals surface area (Å²) in [5.74, 6) is -0.302. The number of carboxylic acid groups (broad SMARTS) is 1. The smallest absolute Gasteiger partial charge is 0.323 e. The van der Waals surface area contributed by atoms with E-state index in [0.29, 0.717) is 31.8 Å². The maximum atomic E-state index is 11.4. The van der Waals surface area contributed by atoms with Gasteiger partial charge in [0.1, 0.15) is 5.54 Å². The highest BCUT2D eigenvalue weighted by Gasteiger charge is 2.41. The second-order valence-electron chi connectivity index (χ2n) is 4.64. The van der Waals surface area contributed by atoms with E-state index < -0.39 is 11.5 Å². The van der Waals surface area contributed by atoms with Crippen LogP contribution in [0, 0.1) is 5.92 Å². The number of nitrogens with one attached hydrogen (secondary N) is 1. The van der Waals surface area contributed by atoms with Crippen LogP contribution in [0.25, 0.3) is 10.4 Å². The maximum absolute atomic E-state index is 11.4. The zero-order valence-corrected chi connectivity index (χ0v) is 10.2. The Morgan fingerprint density at radius 1 is 1.71 bits per heavy atom. The van der Waals surface area contributed by atoms with E-state index in [2.05, 4.69) is 22.3 Å². The Bertz CT molecular complexity index is 315. The summed E-state index contributed by atoms with van der Waals surface area (Å²) >= 11 is 0. The number of nitrogens with zero attached hydrogens (tertiary/aromatic N) is 3. The summed E-state index contributed by atoms with van der Waals surface area (Å²) in [5.41, 5.74) is 7.36. The third-order valence-corrected chi connectivity index (χ3v) is 3.58. The first-order chi connectivity index (χ1) is 8.14. The van der Waals surface area contributed by atoms with E-state index in [0.717, 1.165) is 19.3 Å². The monoisotopic (exact) mass is 240 g/mol. The molecule has 0 aromatic rings. The molecule has 2 N–H and O–H groups in total. The van der Waals surface area contributed by atoms with Crippen LogP contribution in [-0.2, 0) is 4.79 Å². The first kappa shape index (κ1) is 13.8. The van der Waals surface area contributed by atoms with E-state index in [1.807, 2.05) is 0 Å². The average molecular weight is 240 g/mol. The van der Waals surface area contributed by atoms with Crippen molar-refractivity contribution in [3.05, 3.63) is 10.4 Å². The van der Waals surface area contributed by atoms with Gasteiger partial charge in [-0.25, -0.2) is 0 Å². The van der Waals surface area contributed by atoms with Gasteiger partial charge in [0, 0.05) is 18.0 Å². The molecule has 1 rings (SSSR count). The topological polar surface area (TPSA) is 98.1 Å². The molecule has 6 heteroatoms. The van der Waals surface area contributed by atoms with Gasteiger partial charge in [0.15, 0.2) is 0 Å². The Hall–Kier alpha value is -1.26. The van der Waals surface area contributed by atoms with Crippen molar-refractivity contribution in [2.45, 2.75) is 44.6 Å². The number of aliphatic carboxylic acids is 1. The minimum Gasteiger partial charge on any atom is -0.480 e. The van der Waals surface area contributed by atoms with Gasteiger partial charge in [-0.15, -0.1) is 0 Å². The number of azide groups is 1. The summed E-state index contributed by atoms with van der Waals surface area (Å²) in [4.78, 5) is 14.1. The fourth-order valence-electron chi connectivity index (χ4n) is 2.56. The lowest BCUT2D eigenvalue weighted by Gasteiger charge is -2.38. The molecule has 0 aliphatic heterocycles. The van der Waals surface area contributed by atoms with E-state index in [1.165, 1.54) is 0 Å². The first-order valence-electron chi connectivity index (χ1n) is 6.14. The van der Waals surface area contributed by atoms with Crippen molar-refractivity contribution in [2.75, 3.05) is 13.1 Å². The predicted molar refractivity (Wildman–Crippen MR) is 64.6 cm³/mol. The lowest BCUT2D eigenvalue weighted by Crippen LogP contribution is -2.55. The van der Waals surface area contributed by atoms with Crippen molar-refractivity contribution >= 4 is 5.97 Å². The number of carbonyl (C=O) groups is 1. The summed E-state index contributed by atoms with van der Waals surface area (Å²) < 4.78 is 0. The fourth-order valence-corrected chi connectivity index (χ4v) is 2.56. The van der Waals surface area contributed by atoms with Crippen LogP contribution in [0.2, 0.25) is 0 Å². The predicted octanol–water partition coefficient (Wildman–Crippen LogP) is 2.31. The minimum absolute atomic E-state index is 0.294. The van der Waals surface area contributed by atoms with E-state index in [4.69, 9.17) is 5.53 Å². The zero-order chi connectivity index (χ0) is 12.7. The molecule has 0 spiro atoms. The Labute approximate surface area is 101 Å². The Balaban J connectivity index is 2.61. The van der Waals surface area contributed by atoms with Crippen molar-refractivity contribution in [2.24, 2.45) is 11.0 Å². The lowest BCUT2D eigenvalue weighted by atomic mass is 9.74. The average Bonchev–Trinajstić information content (AvgIpc) is 2.35. The lowest BCUT2D eigenvalue weighted by molar-refractivity contribution is -0.147. The summed E-state index contributed by atoms with van der Waals surface area (Å²) in [6.07, 6.45) is 4.42. The van der Waals surface area contributed by atoms with Crippen LogP contribution in [0.5, 0.6) is 0 Å². The maximum Gasteiger partial charge on any atom is 0.323 e. The van der Waals surface area contributed by atoms with Gasteiger partial charge >= 0.3 is 5.97 Å². The number of hydrogen-bond acceptors (Lipinski definition) is 3. The van der Waals surface area contributed by atoms with E-state index in [9.17, 15) is 9.90 Å². The standard InChI is InChI=1S/C11H20N4O2/c1-2-9-4-3-5-11(8-9,10(16)17)13-6-7-14-15-12/h9,13H,2-8H2,1H3,(H,16,17). The number of hydrogen-bond donors (Lipinski definition) is 2. The van der Waals surface area contributed by atoms with E-state index in [1.54, 1.807) is 0 Å². The van der Waals surface area contributed by atoms with Crippen molar-refractivity contribution in [1.82, 2.24) is 5.32 Å². The molecule has 0 amide bonds. The second-order valence-corrected chi connectivity index (χ2v) is 4.64. The molecule has 1 aliphatic rings. The van der Waals surface area contributed by atoms with Crippen LogP contribution in [0.15, 0.2) is 5.11 Å². The summed E-state index contributed by atoms with van der Waals surface area (Å²) in [5, 5.41) is 15.9. The highest BCUT2D eigenvalue weighted by molar-refractivity contribution is 5.79. The molecular formula is C11H20N4O2. The molecule has 6 nitrogen and oxygen atoms in total. The van der Waals surface area contributed by atoms with E-state index >= 15 is 0 Å². The molecule has 0 saturated heterocycles. The molecule has 17 heavy (non-hydrogen) atoms. The quantitative estimate of drug-likeness (QED) is 0.322. The highest BCUT2D eigenvalue weighted by Crippen LogP contribution is 2.34. The molecule has 2 unspecified atom stereocenters. The SMILES string of the molecule is CCC1CCCC(NCCN=[N+]=[N-])(C(=O)O)C1. The fraction of sp³-hybridized carbons (Fsp3) is 0.909. The van der Waals surface area contributed by atoms with Crippen LogP contribution in [0.3, 0.4) is 0 Å². The van der Waals surface area contributed by atoms with Gasteiger partial charge in [-0.2, -0.15) is 0 Å². The third kappa shape index (κ3) is 3.61. The van der Waals surface area contributed by atoms with Crippen molar-refractivity contribution in [3.8, 4) is 0 Å². The Morgan fingerprint density at radius 2 is 2.47 bits per heavy atom. The van der Waals surface area contributed by atoms with Crippen LogP contribution in [0.1, 0.15) is 39.0 Å². The van der Waals surface area contributed by atoms with Crippen molar-refractivity contribution in [3.63, 3.8) is 0 Å². The molecular weight excluding hydrogens is 220 g/mol. The third-order valence-electron chi connectivity index (χ3n) is 3.58. The second kappa shape index (κ2) is 6.47. The molecule has 96 valence electrons. The molecule has 0 radical (unpaired) electrons. The minimum atomic E-state index is -0.816. The molecule has 1 saturated carbocycles. The van der Waals surface area contributed by atoms with Gasteiger partial charge in [-0.3, -0.25) is 4.79 Å². The zero-order valence-electron chi connectivity index (χ0n) is 10.2. The summed E-state index contributed by atoms with van der Waals surface area (Å²) in [6.45, 7) is 2.82. The first-order valence-corrected chi connectivity index (χ1v) is 6.14. The molecule has 1 aliphatic carbocycles. The van der Waals surface area contributed by atoms with Gasteiger partial charge in [-0.1, -0.05) is 31.3 Å². The summed E-state index contributed by atoms with van der Waals surface area (Å²) in [7, 11) is 0. The van der Waals surface area contributed by atoms with Gasteiger partial charge in [0.2, 0.25) is 0 Å². The molecule has 0 aromatic heterocycles. The summed E-state index contributed by atoms with van der Waals surface area (Å²) in [6, 6.07) is 0. The van der Waals surface area contributed by atoms with Crippen LogP contribution in [0.4, 0.5) is 0 Å². The molecule has 0 heterocycles.